The first-order valence-electron chi connectivity index (χ1n) is 10.7. The smallest absolute Gasteiger partial charge is 0.338 e. The molecule has 33 heavy (non-hydrogen) atoms. The van der Waals surface area contributed by atoms with Crippen molar-refractivity contribution in [2.45, 2.75) is 19.4 Å². The highest BCUT2D eigenvalue weighted by Gasteiger charge is 2.19. The highest BCUT2D eigenvalue weighted by atomic mass is 16.5. The van der Waals surface area contributed by atoms with E-state index in [1.165, 1.54) is 0 Å². The molecule has 0 aliphatic heterocycles. The standard InChI is InChI=1S/C27H25N3O3/c1-18-2-6-21(7-3-18)27(32)33-17-19-4-8-20(9-5-19)25(15-28)26(31)30-24-11-10-23-16-29-13-12-22(23)14-24/h2-14,16,25H,15,17,28H2,1H3,(H,30,31). The van der Waals surface area contributed by atoms with Crippen LogP contribution in [-0.4, -0.2) is 23.4 Å². The number of amides is 1. The van der Waals surface area contributed by atoms with Gasteiger partial charge >= 0.3 is 5.97 Å². The average Bonchev–Trinajstić information content (AvgIpc) is 2.84. The Balaban J connectivity index is 1.38. The Morgan fingerprint density at radius 1 is 0.970 bits per heavy atom. The number of aryl methyl sites for hydroxylation is 1. The second-order valence-electron chi connectivity index (χ2n) is 7.90. The number of rotatable bonds is 7. The number of ether oxygens (including phenoxy) is 1. The topological polar surface area (TPSA) is 94.3 Å². The van der Waals surface area contributed by atoms with E-state index in [-0.39, 0.29) is 25.0 Å². The number of anilines is 1. The molecular weight excluding hydrogens is 414 g/mol. The summed E-state index contributed by atoms with van der Waals surface area (Å²) in [5.41, 5.74) is 9.86. The fraction of sp³-hybridized carbons (Fsp3) is 0.148. The summed E-state index contributed by atoms with van der Waals surface area (Å²) >= 11 is 0. The zero-order valence-electron chi connectivity index (χ0n) is 18.3. The maximum Gasteiger partial charge on any atom is 0.338 e. The zero-order valence-corrected chi connectivity index (χ0v) is 18.3. The van der Waals surface area contributed by atoms with Crippen molar-refractivity contribution in [1.82, 2.24) is 4.98 Å². The van der Waals surface area contributed by atoms with E-state index < -0.39 is 5.92 Å². The maximum absolute atomic E-state index is 12.9. The van der Waals surface area contributed by atoms with Crippen LogP contribution in [0.1, 0.15) is 33.0 Å². The second kappa shape index (κ2) is 10.1. The minimum Gasteiger partial charge on any atom is -0.457 e. The minimum absolute atomic E-state index is 0.151. The van der Waals surface area contributed by atoms with Crippen molar-refractivity contribution in [1.29, 1.82) is 0 Å². The number of pyridine rings is 1. The zero-order chi connectivity index (χ0) is 23.2. The molecule has 1 atom stereocenters. The molecule has 1 aromatic heterocycles. The Morgan fingerprint density at radius 2 is 1.73 bits per heavy atom. The van der Waals surface area contributed by atoms with Crippen molar-refractivity contribution >= 4 is 28.3 Å². The molecule has 0 spiro atoms. The van der Waals surface area contributed by atoms with Crippen LogP contribution >= 0.6 is 0 Å². The molecule has 0 radical (unpaired) electrons. The number of carbonyl (C=O) groups excluding carboxylic acids is 2. The number of hydrogen-bond acceptors (Lipinski definition) is 5. The molecular formula is C27H25N3O3. The maximum atomic E-state index is 12.9. The van der Waals surface area contributed by atoms with Gasteiger partial charge in [-0.2, -0.15) is 0 Å². The van der Waals surface area contributed by atoms with Gasteiger partial charge in [0.2, 0.25) is 5.91 Å². The lowest BCUT2D eigenvalue weighted by Crippen LogP contribution is -2.27. The molecule has 3 N–H and O–H groups in total. The number of esters is 1. The molecule has 0 saturated carbocycles. The van der Waals surface area contributed by atoms with Gasteiger partial charge in [0.15, 0.2) is 0 Å². The third-order valence-corrected chi connectivity index (χ3v) is 5.50. The van der Waals surface area contributed by atoms with E-state index in [0.29, 0.717) is 11.3 Å². The predicted molar refractivity (Wildman–Crippen MR) is 129 cm³/mol. The summed E-state index contributed by atoms with van der Waals surface area (Å²) in [6, 6.07) is 22.2. The Hall–Kier alpha value is -4.03. The lowest BCUT2D eigenvalue weighted by atomic mass is 9.97. The van der Waals surface area contributed by atoms with Crippen molar-refractivity contribution in [2.24, 2.45) is 5.73 Å². The summed E-state index contributed by atoms with van der Waals surface area (Å²) < 4.78 is 5.39. The van der Waals surface area contributed by atoms with Crippen LogP contribution in [0.15, 0.2) is 85.2 Å². The van der Waals surface area contributed by atoms with Crippen molar-refractivity contribution in [3.63, 3.8) is 0 Å². The lowest BCUT2D eigenvalue weighted by molar-refractivity contribution is -0.117. The number of benzene rings is 3. The van der Waals surface area contributed by atoms with Crippen molar-refractivity contribution in [3.8, 4) is 0 Å². The van der Waals surface area contributed by atoms with E-state index in [1.54, 1.807) is 24.5 Å². The van der Waals surface area contributed by atoms with Crippen LogP contribution in [0.5, 0.6) is 0 Å². The lowest BCUT2D eigenvalue weighted by Gasteiger charge is -2.16. The van der Waals surface area contributed by atoms with Crippen molar-refractivity contribution in [2.75, 3.05) is 11.9 Å². The first kappa shape index (κ1) is 22.2. The number of nitrogens with one attached hydrogen (secondary N) is 1. The van der Waals surface area contributed by atoms with Gasteiger partial charge in [0.05, 0.1) is 11.5 Å². The summed E-state index contributed by atoms with van der Waals surface area (Å²) in [5, 5.41) is 4.95. The summed E-state index contributed by atoms with van der Waals surface area (Å²) in [5.74, 6) is -1.05. The molecule has 6 heteroatoms. The molecule has 0 fully saturated rings. The summed E-state index contributed by atoms with van der Waals surface area (Å²) in [6.07, 6.45) is 3.50. The van der Waals surface area contributed by atoms with E-state index in [0.717, 1.165) is 27.5 Å². The molecule has 4 aromatic rings. The van der Waals surface area contributed by atoms with Gasteiger partial charge in [0.1, 0.15) is 6.61 Å². The van der Waals surface area contributed by atoms with Gasteiger partial charge in [-0.15, -0.1) is 0 Å². The Morgan fingerprint density at radius 3 is 2.45 bits per heavy atom. The fourth-order valence-corrected chi connectivity index (χ4v) is 3.55. The Bertz CT molecular complexity index is 1270. The largest absolute Gasteiger partial charge is 0.457 e. The van der Waals surface area contributed by atoms with Crippen LogP contribution in [0.25, 0.3) is 10.8 Å². The number of nitrogens with two attached hydrogens (primary N) is 1. The number of carbonyl (C=O) groups is 2. The van der Waals surface area contributed by atoms with Gasteiger partial charge < -0.3 is 15.8 Å². The molecule has 1 heterocycles. The number of fused-ring (bicyclic) bond motifs is 1. The monoisotopic (exact) mass is 439 g/mol. The van der Waals surface area contributed by atoms with Gasteiger partial charge in [-0.1, -0.05) is 48.0 Å². The van der Waals surface area contributed by atoms with Crippen LogP contribution in [0.3, 0.4) is 0 Å². The van der Waals surface area contributed by atoms with E-state index in [4.69, 9.17) is 10.5 Å². The molecule has 0 bridgehead atoms. The quantitative estimate of drug-likeness (QED) is 0.411. The number of nitrogens with zero attached hydrogens (tertiary/aromatic N) is 1. The van der Waals surface area contributed by atoms with Crippen molar-refractivity contribution in [3.05, 3.63) is 107 Å². The highest BCUT2D eigenvalue weighted by molar-refractivity contribution is 5.98. The van der Waals surface area contributed by atoms with Crippen LogP contribution in [0.4, 0.5) is 5.69 Å². The molecule has 1 amide bonds. The summed E-state index contributed by atoms with van der Waals surface area (Å²) in [6.45, 7) is 2.29. The van der Waals surface area contributed by atoms with Gasteiger partial charge in [-0.25, -0.2) is 4.79 Å². The fourth-order valence-electron chi connectivity index (χ4n) is 3.55. The molecule has 0 aliphatic rings. The summed E-state index contributed by atoms with van der Waals surface area (Å²) in [4.78, 5) is 29.2. The van der Waals surface area contributed by atoms with Gasteiger partial charge in [-0.05, 0) is 53.8 Å². The molecule has 1 unspecified atom stereocenters. The van der Waals surface area contributed by atoms with Crippen LogP contribution < -0.4 is 11.1 Å². The van der Waals surface area contributed by atoms with Crippen LogP contribution in [-0.2, 0) is 16.1 Å². The predicted octanol–water partition coefficient (Wildman–Crippen LogP) is 4.58. The highest BCUT2D eigenvalue weighted by Crippen LogP contribution is 2.22. The summed E-state index contributed by atoms with van der Waals surface area (Å²) in [7, 11) is 0. The molecule has 3 aromatic carbocycles. The molecule has 6 nitrogen and oxygen atoms in total. The van der Waals surface area contributed by atoms with Gasteiger partial charge in [-0.3, -0.25) is 9.78 Å². The molecule has 0 saturated heterocycles. The Kier molecular flexibility index (Phi) is 6.76. The normalized spacial score (nSPS) is 11.7. The minimum atomic E-state index is -0.498. The third kappa shape index (κ3) is 5.42. The first-order valence-corrected chi connectivity index (χ1v) is 10.7. The number of aromatic nitrogens is 1. The SMILES string of the molecule is Cc1ccc(C(=O)OCc2ccc(C(CN)C(=O)Nc3ccc4cnccc4c3)cc2)cc1. The second-order valence-corrected chi connectivity index (χ2v) is 7.90. The molecule has 4 rings (SSSR count). The van der Waals surface area contributed by atoms with E-state index in [2.05, 4.69) is 10.3 Å². The molecule has 166 valence electrons. The Labute approximate surface area is 192 Å². The van der Waals surface area contributed by atoms with E-state index in [9.17, 15) is 9.59 Å². The molecule has 0 aliphatic carbocycles. The third-order valence-electron chi connectivity index (χ3n) is 5.50. The van der Waals surface area contributed by atoms with E-state index >= 15 is 0 Å². The van der Waals surface area contributed by atoms with E-state index in [1.807, 2.05) is 67.6 Å². The van der Waals surface area contributed by atoms with Crippen LogP contribution in [0, 0.1) is 6.92 Å². The average molecular weight is 440 g/mol. The van der Waals surface area contributed by atoms with Gasteiger partial charge in [0.25, 0.3) is 0 Å². The van der Waals surface area contributed by atoms with Crippen molar-refractivity contribution < 1.29 is 14.3 Å². The van der Waals surface area contributed by atoms with Crippen LogP contribution in [0.2, 0.25) is 0 Å². The first-order chi connectivity index (χ1) is 16.0. The number of hydrogen-bond donors (Lipinski definition) is 2. The van der Waals surface area contributed by atoms with Gasteiger partial charge in [0, 0.05) is 30.0 Å².